The minimum absolute atomic E-state index is 0.0661. The van der Waals surface area contributed by atoms with Crippen molar-refractivity contribution in [2.45, 2.75) is 0 Å². The zero-order valence-electron chi connectivity index (χ0n) is 7.68. The molecule has 14 heavy (non-hydrogen) atoms. The number of carbonyl (C=O) groups excluding carboxylic acids is 1. The highest BCUT2D eigenvalue weighted by Gasteiger charge is 2.04. The average Bonchev–Trinajstić information content (AvgIpc) is 2.23. The van der Waals surface area contributed by atoms with E-state index in [1.807, 2.05) is 48.6 Å². The largest absolute Gasteiger partial charge is 0.289 e. The number of carbonyl (C=O) groups is 1. The Morgan fingerprint density at radius 1 is 0.929 bits per heavy atom. The molecule has 1 aromatic carbocycles. The molecular formula is C13H10O. The third-order valence-corrected chi connectivity index (χ3v) is 2.04. The van der Waals surface area contributed by atoms with E-state index in [4.69, 9.17) is 0 Å². The summed E-state index contributed by atoms with van der Waals surface area (Å²) in [5, 5.41) is 0. The molecule has 0 aliphatic heterocycles. The van der Waals surface area contributed by atoms with Gasteiger partial charge in [0.1, 0.15) is 0 Å². The molecule has 1 aliphatic rings. The van der Waals surface area contributed by atoms with E-state index >= 15 is 0 Å². The first-order valence-corrected chi connectivity index (χ1v) is 4.52. The van der Waals surface area contributed by atoms with Crippen LogP contribution in [0.2, 0.25) is 0 Å². The van der Waals surface area contributed by atoms with Gasteiger partial charge in [0.25, 0.3) is 0 Å². The molecule has 1 heteroatoms. The third-order valence-electron chi connectivity index (χ3n) is 2.04. The van der Waals surface area contributed by atoms with Crippen molar-refractivity contribution in [2.24, 2.45) is 0 Å². The second kappa shape index (κ2) is 3.88. The Kier molecular flexibility index (Phi) is 2.41. The maximum atomic E-state index is 11.4. The zero-order valence-corrected chi connectivity index (χ0v) is 7.68. The quantitative estimate of drug-likeness (QED) is 0.610. The van der Waals surface area contributed by atoms with Gasteiger partial charge < -0.3 is 0 Å². The summed E-state index contributed by atoms with van der Waals surface area (Å²) < 4.78 is 0. The molecule has 0 bridgehead atoms. The summed E-state index contributed by atoms with van der Waals surface area (Å²) in [7, 11) is 0. The first-order chi connectivity index (χ1) is 6.86. The minimum Gasteiger partial charge on any atom is -0.289 e. The fourth-order valence-corrected chi connectivity index (χ4v) is 1.33. The molecule has 0 amide bonds. The number of allylic oxidation sites excluding steroid dienone is 5. The van der Waals surface area contributed by atoms with E-state index in [1.54, 1.807) is 12.2 Å². The number of hydrogen-bond donors (Lipinski definition) is 0. The molecule has 0 N–H and O–H groups in total. The van der Waals surface area contributed by atoms with E-state index in [1.165, 1.54) is 0 Å². The van der Waals surface area contributed by atoms with Crippen LogP contribution in [0.15, 0.2) is 60.2 Å². The Morgan fingerprint density at radius 3 is 2.36 bits per heavy atom. The van der Waals surface area contributed by atoms with Crippen molar-refractivity contribution in [3.8, 4) is 0 Å². The topological polar surface area (TPSA) is 17.1 Å². The Hall–Kier alpha value is -1.89. The molecule has 0 spiro atoms. The molecule has 68 valence electrons. The lowest BCUT2D eigenvalue weighted by molar-refractivity contribution is -0.111. The molecule has 0 saturated carbocycles. The van der Waals surface area contributed by atoms with E-state index in [9.17, 15) is 4.79 Å². The smallest absolute Gasteiger partial charge is 0.185 e. The zero-order chi connectivity index (χ0) is 9.80. The van der Waals surface area contributed by atoms with Crippen molar-refractivity contribution in [3.05, 3.63) is 65.8 Å². The lowest BCUT2D eigenvalue weighted by atomic mass is 10.0. The SMILES string of the molecule is O=C1C=CC=C/C1=C\c1ccccc1. The lowest BCUT2D eigenvalue weighted by Gasteiger charge is -2.00. The Balaban J connectivity index is 2.32. The molecule has 2 rings (SSSR count). The van der Waals surface area contributed by atoms with E-state index in [-0.39, 0.29) is 5.78 Å². The third kappa shape index (κ3) is 1.88. The van der Waals surface area contributed by atoms with Crippen molar-refractivity contribution in [1.29, 1.82) is 0 Å². The normalized spacial score (nSPS) is 17.7. The van der Waals surface area contributed by atoms with E-state index < -0.39 is 0 Å². The summed E-state index contributed by atoms with van der Waals surface area (Å²) in [6, 6.07) is 9.83. The molecule has 1 aromatic rings. The van der Waals surface area contributed by atoms with Crippen LogP contribution in [0, 0.1) is 0 Å². The summed E-state index contributed by atoms with van der Waals surface area (Å²) in [6.45, 7) is 0. The Morgan fingerprint density at radius 2 is 1.64 bits per heavy atom. The maximum Gasteiger partial charge on any atom is 0.185 e. The van der Waals surface area contributed by atoms with Crippen molar-refractivity contribution in [3.63, 3.8) is 0 Å². The first-order valence-electron chi connectivity index (χ1n) is 4.52. The van der Waals surface area contributed by atoms with Crippen LogP contribution in [0.3, 0.4) is 0 Å². The van der Waals surface area contributed by atoms with Gasteiger partial charge in [-0.25, -0.2) is 0 Å². The average molecular weight is 182 g/mol. The van der Waals surface area contributed by atoms with Gasteiger partial charge >= 0.3 is 0 Å². The highest BCUT2D eigenvalue weighted by Crippen LogP contribution is 2.11. The van der Waals surface area contributed by atoms with Gasteiger partial charge in [-0.1, -0.05) is 48.6 Å². The second-order valence-electron chi connectivity index (χ2n) is 3.09. The van der Waals surface area contributed by atoms with Crippen LogP contribution in [0.5, 0.6) is 0 Å². The molecule has 0 heterocycles. The standard InChI is InChI=1S/C13H10O/c14-13-9-5-4-8-12(13)10-11-6-2-1-3-7-11/h1-10H/b12-10+. The Labute approximate surface area is 83.1 Å². The molecule has 1 nitrogen and oxygen atoms in total. The molecule has 1 aliphatic carbocycles. The van der Waals surface area contributed by atoms with Crippen LogP contribution in [0.4, 0.5) is 0 Å². The van der Waals surface area contributed by atoms with Crippen molar-refractivity contribution in [1.82, 2.24) is 0 Å². The van der Waals surface area contributed by atoms with Crippen LogP contribution in [-0.4, -0.2) is 5.78 Å². The molecule has 0 atom stereocenters. The lowest BCUT2D eigenvalue weighted by Crippen LogP contribution is -1.97. The number of ketones is 1. The Bertz CT molecular complexity index is 422. The van der Waals surface area contributed by atoms with Gasteiger partial charge in [0.2, 0.25) is 0 Å². The molecule has 0 aromatic heterocycles. The van der Waals surface area contributed by atoms with Gasteiger partial charge in [0, 0.05) is 5.57 Å². The molecule has 0 fully saturated rings. The van der Waals surface area contributed by atoms with E-state index in [2.05, 4.69) is 0 Å². The molecule has 0 saturated heterocycles. The molecule has 0 radical (unpaired) electrons. The van der Waals surface area contributed by atoms with Crippen molar-refractivity contribution >= 4 is 11.9 Å². The van der Waals surface area contributed by atoms with Gasteiger partial charge in [-0.05, 0) is 17.7 Å². The number of benzene rings is 1. The maximum absolute atomic E-state index is 11.4. The summed E-state index contributed by atoms with van der Waals surface area (Å²) in [5.41, 5.74) is 1.79. The number of rotatable bonds is 1. The van der Waals surface area contributed by atoms with Crippen molar-refractivity contribution in [2.75, 3.05) is 0 Å². The van der Waals surface area contributed by atoms with Crippen LogP contribution < -0.4 is 0 Å². The monoisotopic (exact) mass is 182 g/mol. The van der Waals surface area contributed by atoms with Crippen LogP contribution in [0.1, 0.15) is 5.56 Å². The predicted molar refractivity (Wildman–Crippen MR) is 57.7 cm³/mol. The van der Waals surface area contributed by atoms with E-state index in [0.717, 1.165) is 11.1 Å². The molecule has 0 unspecified atom stereocenters. The van der Waals surface area contributed by atoms with Crippen LogP contribution in [-0.2, 0) is 4.79 Å². The highest BCUT2D eigenvalue weighted by atomic mass is 16.1. The predicted octanol–water partition coefficient (Wildman–Crippen LogP) is 2.77. The summed E-state index contributed by atoms with van der Waals surface area (Å²) in [6.07, 6.45) is 8.92. The summed E-state index contributed by atoms with van der Waals surface area (Å²) in [4.78, 5) is 11.4. The highest BCUT2D eigenvalue weighted by molar-refractivity contribution is 6.10. The fraction of sp³-hybridized carbons (Fsp3) is 0. The minimum atomic E-state index is 0.0661. The van der Waals surface area contributed by atoms with Gasteiger partial charge in [0.05, 0.1) is 0 Å². The van der Waals surface area contributed by atoms with Gasteiger partial charge in [-0.2, -0.15) is 0 Å². The summed E-state index contributed by atoms with van der Waals surface area (Å²) >= 11 is 0. The van der Waals surface area contributed by atoms with Gasteiger partial charge in [0.15, 0.2) is 5.78 Å². The van der Waals surface area contributed by atoms with Crippen LogP contribution >= 0.6 is 0 Å². The first kappa shape index (κ1) is 8.70. The summed E-state index contributed by atoms with van der Waals surface area (Å²) in [5.74, 6) is 0.0661. The second-order valence-corrected chi connectivity index (χ2v) is 3.09. The number of hydrogen-bond acceptors (Lipinski definition) is 1. The fourth-order valence-electron chi connectivity index (χ4n) is 1.33. The van der Waals surface area contributed by atoms with Crippen LogP contribution in [0.25, 0.3) is 6.08 Å². The van der Waals surface area contributed by atoms with E-state index in [0.29, 0.717) is 0 Å². The van der Waals surface area contributed by atoms with Gasteiger partial charge in [-0.15, -0.1) is 0 Å². The molecular weight excluding hydrogens is 172 g/mol. The van der Waals surface area contributed by atoms with Crippen molar-refractivity contribution < 1.29 is 4.79 Å². The van der Waals surface area contributed by atoms with Gasteiger partial charge in [-0.3, -0.25) is 4.79 Å².